The molecule has 0 spiro atoms. The molecule has 0 aliphatic heterocycles. The number of hydrogen-bond acceptors (Lipinski definition) is 3. The molecule has 2 aromatic rings. The maximum absolute atomic E-state index is 12.1. The Bertz CT molecular complexity index is 730. The molecule has 110 valence electrons. The fourth-order valence-corrected chi connectivity index (χ4v) is 1.90. The summed E-state index contributed by atoms with van der Waals surface area (Å²) in [7, 11) is 0. The highest BCUT2D eigenvalue weighted by molar-refractivity contribution is 6.05. The van der Waals surface area contributed by atoms with E-state index in [1.165, 1.54) is 0 Å². The molecule has 0 aliphatic rings. The number of carbonyl (C=O) groups excluding carboxylic acids is 2. The van der Waals surface area contributed by atoms with Crippen molar-refractivity contribution in [2.24, 2.45) is 0 Å². The van der Waals surface area contributed by atoms with Gasteiger partial charge in [-0.3, -0.25) is 9.59 Å². The lowest BCUT2D eigenvalue weighted by atomic mass is 10.1. The van der Waals surface area contributed by atoms with Crippen LogP contribution in [-0.2, 0) is 0 Å². The monoisotopic (exact) mass is 293 g/mol. The third-order valence-electron chi connectivity index (χ3n) is 3.00. The summed E-state index contributed by atoms with van der Waals surface area (Å²) in [6.07, 6.45) is 0. The van der Waals surface area contributed by atoms with Crippen molar-refractivity contribution in [3.8, 4) is 6.07 Å². The van der Waals surface area contributed by atoms with Crippen molar-refractivity contribution in [1.82, 2.24) is 5.32 Å². The minimum Gasteiger partial charge on any atom is -0.352 e. The van der Waals surface area contributed by atoms with Gasteiger partial charge in [-0.1, -0.05) is 6.07 Å². The zero-order valence-corrected chi connectivity index (χ0v) is 12.1. The van der Waals surface area contributed by atoms with Gasteiger partial charge in [0.1, 0.15) is 0 Å². The van der Waals surface area contributed by atoms with E-state index in [9.17, 15) is 9.59 Å². The van der Waals surface area contributed by atoms with Crippen LogP contribution >= 0.6 is 0 Å². The smallest absolute Gasteiger partial charge is 0.255 e. The zero-order valence-electron chi connectivity index (χ0n) is 12.1. The van der Waals surface area contributed by atoms with Crippen LogP contribution in [0.2, 0.25) is 0 Å². The molecular weight excluding hydrogens is 278 g/mol. The number of amides is 2. The van der Waals surface area contributed by atoms with E-state index in [-0.39, 0.29) is 11.8 Å². The average Bonchev–Trinajstić information content (AvgIpc) is 2.55. The van der Waals surface area contributed by atoms with Gasteiger partial charge in [0.2, 0.25) is 0 Å². The first-order valence-corrected chi connectivity index (χ1v) is 6.84. The van der Waals surface area contributed by atoms with Gasteiger partial charge in [0, 0.05) is 23.4 Å². The lowest BCUT2D eigenvalue weighted by Crippen LogP contribution is -2.22. The Morgan fingerprint density at radius 1 is 1.05 bits per heavy atom. The summed E-state index contributed by atoms with van der Waals surface area (Å²) in [6, 6.07) is 15.1. The molecule has 5 heteroatoms. The zero-order chi connectivity index (χ0) is 15.9. The second-order valence-electron chi connectivity index (χ2n) is 4.58. The fraction of sp³-hybridized carbons (Fsp3) is 0.118. The second-order valence-corrected chi connectivity index (χ2v) is 4.58. The lowest BCUT2D eigenvalue weighted by Gasteiger charge is -2.07. The van der Waals surface area contributed by atoms with Crippen LogP contribution < -0.4 is 10.6 Å². The number of nitriles is 1. The van der Waals surface area contributed by atoms with E-state index in [2.05, 4.69) is 10.6 Å². The van der Waals surface area contributed by atoms with Crippen LogP contribution in [0, 0.1) is 11.3 Å². The minimum absolute atomic E-state index is 0.183. The number of hydrogen-bond donors (Lipinski definition) is 2. The van der Waals surface area contributed by atoms with Crippen LogP contribution in [0.1, 0.15) is 33.2 Å². The first kappa shape index (κ1) is 15.3. The fourth-order valence-electron chi connectivity index (χ4n) is 1.90. The Labute approximate surface area is 128 Å². The summed E-state index contributed by atoms with van der Waals surface area (Å²) < 4.78 is 0. The Morgan fingerprint density at radius 2 is 1.77 bits per heavy atom. The number of anilines is 1. The minimum atomic E-state index is -0.294. The predicted octanol–water partition coefficient (Wildman–Crippen LogP) is 2.56. The molecule has 0 radical (unpaired) electrons. The van der Waals surface area contributed by atoms with Gasteiger partial charge in [0.25, 0.3) is 11.8 Å². The van der Waals surface area contributed by atoms with Crippen LogP contribution in [0.4, 0.5) is 5.69 Å². The summed E-state index contributed by atoms with van der Waals surface area (Å²) in [5, 5.41) is 14.2. The highest BCUT2D eigenvalue weighted by atomic mass is 16.2. The quantitative estimate of drug-likeness (QED) is 0.909. The van der Waals surface area contributed by atoms with Gasteiger partial charge in [0.05, 0.1) is 11.6 Å². The Kier molecular flexibility index (Phi) is 4.89. The summed E-state index contributed by atoms with van der Waals surface area (Å²) in [5.41, 5.74) is 1.97. The number of rotatable bonds is 4. The third-order valence-corrected chi connectivity index (χ3v) is 3.00. The molecule has 0 saturated heterocycles. The lowest BCUT2D eigenvalue weighted by molar-refractivity contribution is 0.0954. The van der Waals surface area contributed by atoms with Gasteiger partial charge in [-0.05, 0) is 49.4 Å². The van der Waals surface area contributed by atoms with E-state index in [0.717, 1.165) is 0 Å². The molecule has 0 fully saturated rings. The average molecular weight is 293 g/mol. The summed E-state index contributed by atoms with van der Waals surface area (Å²) in [4.78, 5) is 23.9. The Morgan fingerprint density at radius 3 is 2.41 bits per heavy atom. The van der Waals surface area contributed by atoms with Gasteiger partial charge in [-0.15, -0.1) is 0 Å². The molecule has 22 heavy (non-hydrogen) atoms. The Balaban J connectivity index is 2.12. The normalized spacial score (nSPS) is 9.64. The van der Waals surface area contributed by atoms with Gasteiger partial charge < -0.3 is 10.6 Å². The molecule has 0 aliphatic carbocycles. The molecule has 0 atom stereocenters. The second kappa shape index (κ2) is 7.04. The summed E-state index contributed by atoms with van der Waals surface area (Å²) >= 11 is 0. The van der Waals surface area contributed by atoms with Crippen molar-refractivity contribution in [1.29, 1.82) is 5.26 Å². The molecule has 2 rings (SSSR count). The Hall–Kier alpha value is -3.13. The maximum Gasteiger partial charge on any atom is 0.255 e. The van der Waals surface area contributed by atoms with E-state index in [4.69, 9.17) is 5.26 Å². The van der Waals surface area contributed by atoms with Gasteiger partial charge in [0.15, 0.2) is 0 Å². The van der Waals surface area contributed by atoms with E-state index in [0.29, 0.717) is 28.9 Å². The van der Waals surface area contributed by atoms with Crippen molar-refractivity contribution in [3.63, 3.8) is 0 Å². The highest BCUT2D eigenvalue weighted by Gasteiger charge is 2.08. The van der Waals surface area contributed by atoms with Crippen molar-refractivity contribution < 1.29 is 9.59 Å². The molecule has 5 nitrogen and oxygen atoms in total. The SMILES string of the molecule is CCNC(=O)c1cccc(NC(=O)c2ccc(C#N)cc2)c1. The standard InChI is InChI=1S/C17H15N3O2/c1-2-19-16(21)14-4-3-5-15(10-14)20-17(22)13-8-6-12(11-18)7-9-13/h3-10H,2H2,1H3,(H,19,21)(H,20,22). The van der Waals surface area contributed by atoms with E-state index >= 15 is 0 Å². The predicted molar refractivity (Wildman–Crippen MR) is 83.6 cm³/mol. The topological polar surface area (TPSA) is 82.0 Å². The third kappa shape index (κ3) is 3.70. The molecule has 2 amide bonds. The molecule has 0 aromatic heterocycles. The van der Waals surface area contributed by atoms with Crippen molar-refractivity contribution in [3.05, 3.63) is 65.2 Å². The number of nitrogens with one attached hydrogen (secondary N) is 2. The van der Waals surface area contributed by atoms with Crippen LogP contribution in [0.5, 0.6) is 0 Å². The molecule has 2 aromatic carbocycles. The molecule has 0 bridgehead atoms. The van der Waals surface area contributed by atoms with E-state index < -0.39 is 0 Å². The van der Waals surface area contributed by atoms with Crippen LogP contribution in [0.25, 0.3) is 0 Å². The molecular formula is C17H15N3O2. The van der Waals surface area contributed by atoms with Crippen LogP contribution in [-0.4, -0.2) is 18.4 Å². The van der Waals surface area contributed by atoms with E-state index in [1.54, 1.807) is 48.5 Å². The summed E-state index contributed by atoms with van der Waals surface area (Å²) in [6.45, 7) is 2.38. The maximum atomic E-state index is 12.1. The number of benzene rings is 2. The highest BCUT2D eigenvalue weighted by Crippen LogP contribution is 2.13. The van der Waals surface area contributed by atoms with Gasteiger partial charge in [-0.2, -0.15) is 5.26 Å². The van der Waals surface area contributed by atoms with Crippen molar-refractivity contribution in [2.45, 2.75) is 6.92 Å². The first-order valence-electron chi connectivity index (χ1n) is 6.84. The van der Waals surface area contributed by atoms with Crippen molar-refractivity contribution in [2.75, 3.05) is 11.9 Å². The van der Waals surface area contributed by atoms with Gasteiger partial charge in [-0.25, -0.2) is 0 Å². The number of nitrogens with zero attached hydrogens (tertiary/aromatic N) is 1. The van der Waals surface area contributed by atoms with E-state index in [1.807, 2.05) is 13.0 Å². The largest absolute Gasteiger partial charge is 0.352 e. The van der Waals surface area contributed by atoms with Gasteiger partial charge >= 0.3 is 0 Å². The number of carbonyl (C=O) groups is 2. The van der Waals surface area contributed by atoms with Crippen LogP contribution in [0.15, 0.2) is 48.5 Å². The molecule has 0 heterocycles. The first-order chi connectivity index (χ1) is 10.6. The molecule has 0 unspecified atom stereocenters. The van der Waals surface area contributed by atoms with Crippen LogP contribution in [0.3, 0.4) is 0 Å². The molecule has 2 N–H and O–H groups in total. The van der Waals surface area contributed by atoms with Crippen molar-refractivity contribution >= 4 is 17.5 Å². The summed E-state index contributed by atoms with van der Waals surface area (Å²) in [5.74, 6) is -0.477. The molecule has 0 saturated carbocycles.